The molecular weight excluding hydrogens is 303 g/mol. The van der Waals surface area contributed by atoms with Crippen LogP contribution < -0.4 is 10.1 Å². The molecule has 0 aromatic heterocycles. The zero-order chi connectivity index (χ0) is 16.4. The average molecular weight is 317 g/mol. The molecule has 1 fully saturated rings. The monoisotopic (exact) mass is 317 g/mol. The smallest absolute Gasteiger partial charge is 0.481 e. The third-order valence-corrected chi connectivity index (χ3v) is 3.43. The van der Waals surface area contributed by atoms with Crippen LogP contribution in [0.4, 0.5) is 13.2 Å². The highest BCUT2D eigenvalue weighted by Gasteiger charge is 2.50. The van der Waals surface area contributed by atoms with Crippen LogP contribution in [0.15, 0.2) is 24.3 Å². The van der Waals surface area contributed by atoms with E-state index in [1.54, 1.807) is 0 Å². The number of hydrogen-bond acceptors (Lipinski definition) is 3. The molecule has 0 spiro atoms. The van der Waals surface area contributed by atoms with Gasteiger partial charge in [0.05, 0.1) is 11.8 Å². The van der Waals surface area contributed by atoms with Crippen LogP contribution in [-0.4, -0.2) is 29.9 Å². The topological polar surface area (TPSA) is 75.6 Å². The molecule has 2 N–H and O–H groups in total. The number of nitrogens with one attached hydrogen (secondary N) is 1. The molecule has 0 bridgehead atoms. The van der Waals surface area contributed by atoms with Crippen molar-refractivity contribution in [2.75, 3.05) is 6.54 Å². The third-order valence-electron chi connectivity index (χ3n) is 3.43. The van der Waals surface area contributed by atoms with Gasteiger partial charge in [0, 0.05) is 6.54 Å². The van der Waals surface area contributed by atoms with E-state index in [4.69, 9.17) is 5.11 Å². The molecule has 0 unspecified atom stereocenters. The molecule has 22 heavy (non-hydrogen) atoms. The van der Waals surface area contributed by atoms with E-state index in [2.05, 4.69) is 10.1 Å². The Hall–Kier alpha value is -2.25. The van der Waals surface area contributed by atoms with Crippen LogP contribution >= 0.6 is 0 Å². The van der Waals surface area contributed by atoms with Gasteiger partial charge in [-0.2, -0.15) is 0 Å². The summed E-state index contributed by atoms with van der Waals surface area (Å²) >= 11 is 0. The number of carboxylic acids is 1. The summed E-state index contributed by atoms with van der Waals surface area (Å²) in [5, 5.41) is 11.5. The predicted octanol–water partition coefficient (Wildman–Crippen LogP) is 2.11. The van der Waals surface area contributed by atoms with Crippen molar-refractivity contribution in [3.8, 4) is 5.75 Å². The molecule has 120 valence electrons. The zero-order valence-corrected chi connectivity index (χ0v) is 11.4. The van der Waals surface area contributed by atoms with Crippen molar-refractivity contribution in [3.05, 3.63) is 29.8 Å². The fourth-order valence-electron chi connectivity index (χ4n) is 1.99. The summed E-state index contributed by atoms with van der Waals surface area (Å²) in [7, 11) is 0. The summed E-state index contributed by atoms with van der Waals surface area (Å²) in [6.45, 7) is 0.0277. The molecule has 8 heteroatoms. The van der Waals surface area contributed by atoms with Crippen LogP contribution in [0.1, 0.15) is 18.4 Å². The quantitative estimate of drug-likeness (QED) is 0.842. The van der Waals surface area contributed by atoms with E-state index in [-0.39, 0.29) is 13.0 Å². The molecule has 1 aromatic carbocycles. The molecule has 0 radical (unpaired) electrons. The highest BCUT2D eigenvalue weighted by Crippen LogP contribution is 2.45. The molecule has 1 amide bonds. The molecule has 0 atom stereocenters. The highest BCUT2D eigenvalue weighted by atomic mass is 19.4. The van der Waals surface area contributed by atoms with Crippen molar-refractivity contribution >= 4 is 11.9 Å². The maximum atomic E-state index is 12.1. The van der Waals surface area contributed by atoms with Crippen LogP contribution in [0.5, 0.6) is 5.75 Å². The average Bonchev–Trinajstić information content (AvgIpc) is 3.16. The first-order chi connectivity index (χ1) is 10.2. The summed E-state index contributed by atoms with van der Waals surface area (Å²) in [5.74, 6) is -1.80. The Morgan fingerprint density at radius 3 is 2.55 bits per heavy atom. The first kappa shape index (κ1) is 16.1. The van der Waals surface area contributed by atoms with Crippen LogP contribution in [0.25, 0.3) is 0 Å². The second-order valence-corrected chi connectivity index (χ2v) is 5.23. The number of carboxylic acid groups (broad SMARTS) is 1. The SMILES string of the molecule is O=C(Cc1cccc(OC(F)(F)F)c1)NCC1(C(=O)O)CC1. The molecule has 0 aliphatic heterocycles. The first-order valence-electron chi connectivity index (χ1n) is 6.55. The van der Waals surface area contributed by atoms with Crippen LogP contribution in [-0.2, 0) is 16.0 Å². The first-order valence-corrected chi connectivity index (χ1v) is 6.55. The second kappa shape index (κ2) is 5.86. The Labute approximate surface area is 124 Å². The summed E-state index contributed by atoms with van der Waals surface area (Å²) in [6.07, 6.45) is -3.92. The van der Waals surface area contributed by atoms with E-state index in [9.17, 15) is 22.8 Å². The highest BCUT2D eigenvalue weighted by molar-refractivity contribution is 5.82. The zero-order valence-electron chi connectivity index (χ0n) is 11.4. The van der Waals surface area contributed by atoms with Gasteiger partial charge in [-0.1, -0.05) is 12.1 Å². The summed E-state index contributed by atoms with van der Waals surface area (Å²) in [4.78, 5) is 22.7. The second-order valence-electron chi connectivity index (χ2n) is 5.23. The van der Waals surface area contributed by atoms with E-state index in [0.717, 1.165) is 12.1 Å². The van der Waals surface area contributed by atoms with Gasteiger partial charge in [-0.3, -0.25) is 9.59 Å². The summed E-state index contributed by atoms with van der Waals surface area (Å²) < 4.78 is 40.1. The molecule has 5 nitrogen and oxygen atoms in total. The number of aliphatic carboxylic acids is 1. The number of amides is 1. The van der Waals surface area contributed by atoms with Crippen molar-refractivity contribution in [2.45, 2.75) is 25.6 Å². The summed E-state index contributed by atoms with van der Waals surface area (Å²) in [6, 6.07) is 5.10. The van der Waals surface area contributed by atoms with Gasteiger partial charge < -0.3 is 15.2 Å². The fourth-order valence-corrected chi connectivity index (χ4v) is 1.99. The Balaban J connectivity index is 1.89. The molecule has 1 aliphatic rings. The van der Waals surface area contributed by atoms with Gasteiger partial charge in [-0.05, 0) is 30.5 Å². The van der Waals surface area contributed by atoms with Crippen molar-refractivity contribution < 1.29 is 32.6 Å². The van der Waals surface area contributed by atoms with Crippen LogP contribution in [0, 0.1) is 5.41 Å². The van der Waals surface area contributed by atoms with Gasteiger partial charge in [0.1, 0.15) is 5.75 Å². The number of benzene rings is 1. The van der Waals surface area contributed by atoms with E-state index in [1.807, 2.05) is 0 Å². The minimum Gasteiger partial charge on any atom is -0.481 e. The lowest BCUT2D eigenvalue weighted by Crippen LogP contribution is -2.35. The Morgan fingerprint density at radius 2 is 2.00 bits per heavy atom. The fraction of sp³-hybridized carbons (Fsp3) is 0.429. The number of hydrogen-bond donors (Lipinski definition) is 2. The number of rotatable bonds is 6. The molecule has 0 saturated heterocycles. The summed E-state index contributed by atoms with van der Waals surface area (Å²) in [5.41, 5.74) is -0.531. The van der Waals surface area contributed by atoms with E-state index >= 15 is 0 Å². The van der Waals surface area contributed by atoms with E-state index in [0.29, 0.717) is 18.4 Å². The third kappa shape index (κ3) is 4.37. The molecule has 2 rings (SSSR count). The lowest BCUT2D eigenvalue weighted by Gasteiger charge is -2.12. The maximum absolute atomic E-state index is 12.1. The van der Waals surface area contributed by atoms with Gasteiger partial charge in [-0.25, -0.2) is 0 Å². The molecule has 0 heterocycles. The number of carbonyl (C=O) groups is 2. The predicted molar refractivity (Wildman–Crippen MR) is 69.1 cm³/mol. The lowest BCUT2D eigenvalue weighted by atomic mass is 10.1. The van der Waals surface area contributed by atoms with Gasteiger partial charge in [0.25, 0.3) is 0 Å². The van der Waals surface area contributed by atoms with E-state index < -0.39 is 29.4 Å². The molecule has 1 aromatic rings. The Kier molecular flexibility index (Phi) is 4.30. The lowest BCUT2D eigenvalue weighted by molar-refractivity contribution is -0.274. The minimum atomic E-state index is -4.79. The van der Waals surface area contributed by atoms with Gasteiger partial charge >= 0.3 is 12.3 Å². The standard InChI is InChI=1S/C14H14F3NO4/c15-14(16,17)22-10-3-1-2-9(6-10)7-11(19)18-8-13(4-5-13)12(20)21/h1-3,6H,4-5,7-8H2,(H,18,19)(H,20,21). The van der Waals surface area contributed by atoms with Crippen molar-refractivity contribution in [1.29, 1.82) is 0 Å². The number of alkyl halides is 3. The number of ether oxygens (including phenoxy) is 1. The van der Waals surface area contributed by atoms with Gasteiger partial charge in [0.15, 0.2) is 0 Å². The van der Waals surface area contributed by atoms with E-state index in [1.165, 1.54) is 12.1 Å². The largest absolute Gasteiger partial charge is 0.573 e. The minimum absolute atomic E-state index is 0.0277. The van der Waals surface area contributed by atoms with Gasteiger partial charge in [0.2, 0.25) is 5.91 Å². The Bertz CT molecular complexity index is 582. The van der Waals surface area contributed by atoms with Crippen LogP contribution in [0.2, 0.25) is 0 Å². The Morgan fingerprint density at radius 1 is 1.32 bits per heavy atom. The van der Waals surface area contributed by atoms with Gasteiger partial charge in [-0.15, -0.1) is 13.2 Å². The molecule has 1 aliphatic carbocycles. The molecular formula is C14H14F3NO4. The number of carbonyl (C=O) groups excluding carboxylic acids is 1. The normalized spacial score (nSPS) is 16.0. The maximum Gasteiger partial charge on any atom is 0.573 e. The van der Waals surface area contributed by atoms with Crippen molar-refractivity contribution in [3.63, 3.8) is 0 Å². The van der Waals surface area contributed by atoms with Crippen molar-refractivity contribution in [2.24, 2.45) is 5.41 Å². The van der Waals surface area contributed by atoms with Crippen LogP contribution in [0.3, 0.4) is 0 Å². The molecule has 1 saturated carbocycles. The number of halogens is 3. The van der Waals surface area contributed by atoms with Crippen molar-refractivity contribution in [1.82, 2.24) is 5.32 Å².